The second-order valence-electron chi connectivity index (χ2n) is 8.52. The molecule has 0 fully saturated rings. The zero-order valence-corrected chi connectivity index (χ0v) is 19.5. The molecule has 1 aliphatic rings. The predicted octanol–water partition coefficient (Wildman–Crippen LogP) is 5.40. The van der Waals surface area contributed by atoms with Gasteiger partial charge in [-0.3, -0.25) is 14.9 Å². The highest BCUT2D eigenvalue weighted by molar-refractivity contribution is 6.00. The monoisotopic (exact) mass is 476 g/mol. The minimum atomic E-state index is -0.997. The van der Waals surface area contributed by atoms with E-state index >= 15 is 0 Å². The lowest BCUT2D eigenvalue weighted by Gasteiger charge is -2.16. The van der Waals surface area contributed by atoms with Gasteiger partial charge in [0.1, 0.15) is 6.61 Å². The van der Waals surface area contributed by atoms with Crippen LogP contribution in [0.5, 0.6) is 0 Å². The van der Waals surface area contributed by atoms with Gasteiger partial charge in [0.25, 0.3) is 5.91 Å². The summed E-state index contributed by atoms with van der Waals surface area (Å²) in [6.45, 7) is 2.12. The number of rotatable bonds is 10. The zero-order valence-electron chi connectivity index (χ0n) is 19.5. The van der Waals surface area contributed by atoms with Crippen molar-refractivity contribution >= 4 is 23.7 Å². The Bertz CT molecular complexity index is 1170. The fourth-order valence-corrected chi connectivity index (χ4v) is 4.47. The number of hydrogen-bond acceptors (Lipinski definition) is 5. The van der Waals surface area contributed by atoms with Gasteiger partial charge in [0.05, 0.1) is 18.4 Å². The van der Waals surface area contributed by atoms with E-state index in [0.29, 0.717) is 6.42 Å². The van der Waals surface area contributed by atoms with Crippen LogP contribution in [0.1, 0.15) is 60.2 Å². The number of fused-ring (bicyclic) bond motifs is 3. The highest BCUT2D eigenvalue weighted by Crippen LogP contribution is 2.44. The molecular weight excluding hydrogens is 448 g/mol. The average Bonchev–Trinajstić information content (AvgIpc) is 3.43. The fourth-order valence-electron chi connectivity index (χ4n) is 4.47. The summed E-state index contributed by atoms with van der Waals surface area (Å²) in [4.78, 5) is 36.4. The van der Waals surface area contributed by atoms with Gasteiger partial charge in [-0.2, -0.15) is 0 Å². The minimum absolute atomic E-state index is 0.0874. The van der Waals surface area contributed by atoms with Crippen LogP contribution in [0.25, 0.3) is 11.1 Å². The Kier molecular flexibility index (Phi) is 7.50. The van der Waals surface area contributed by atoms with Gasteiger partial charge in [0.15, 0.2) is 0 Å². The van der Waals surface area contributed by atoms with E-state index in [0.717, 1.165) is 35.1 Å². The zero-order chi connectivity index (χ0) is 24.8. The number of hydrogen-bond donors (Lipinski definition) is 3. The number of nitrogens with one attached hydrogen (secondary N) is 2. The van der Waals surface area contributed by atoms with Gasteiger partial charge in [0.2, 0.25) is 5.76 Å². The molecule has 4 rings (SSSR count). The summed E-state index contributed by atoms with van der Waals surface area (Å²) in [6, 6.07) is 17.0. The quantitative estimate of drug-likeness (QED) is 0.360. The fraction of sp³-hybridized carbons (Fsp3) is 0.296. The Morgan fingerprint density at radius 2 is 1.69 bits per heavy atom. The van der Waals surface area contributed by atoms with E-state index in [1.165, 1.54) is 12.3 Å². The molecule has 0 saturated heterocycles. The molecule has 0 unspecified atom stereocenters. The van der Waals surface area contributed by atoms with Gasteiger partial charge in [-0.1, -0.05) is 68.3 Å². The van der Waals surface area contributed by atoms with Crippen molar-refractivity contribution in [3.8, 4) is 11.1 Å². The number of amides is 2. The van der Waals surface area contributed by atoms with Gasteiger partial charge >= 0.3 is 12.1 Å². The molecule has 1 aromatic heterocycles. The van der Waals surface area contributed by atoms with E-state index in [2.05, 4.69) is 22.8 Å². The van der Waals surface area contributed by atoms with Crippen LogP contribution in [-0.2, 0) is 9.53 Å². The summed E-state index contributed by atoms with van der Waals surface area (Å²) >= 11 is 0. The van der Waals surface area contributed by atoms with Crippen molar-refractivity contribution in [2.24, 2.45) is 0 Å². The number of anilines is 1. The lowest BCUT2D eigenvalue weighted by Crippen LogP contribution is -2.36. The van der Waals surface area contributed by atoms with Gasteiger partial charge in [-0.05, 0) is 28.7 Å². The third kappa shape index (κ3) is 5.54. The standard InChI is InChI=1S/C27H28N2O6/c1-2-3-8-17(15-24(30)31)28-26(32)25-23(13-14-34-25)29-27(33)35-16-22-20-11-6-4-9-18(20)19-10-5-7-12-21(19)22/h4-7,9-14,17,22H,2-3,8,15-16H2,1H3,(H,28,32)(H,29,33)(H,30,31)/t17-/m1/s1. The molecule has 0 aliphatic heterocycles. The molecule has 1 atom stereocenters. The highest BCUT2D eigenvalue weighted by atomic mass is 16.5. The van der Waals surface area contributed by atoms with Crippen LogP contribution in [0.2, 0.25) is 0 Å². The highest BCUT2D eigenvalue weighted by Gasteiger charge is 2.29. The maximum atomic E-state index is 12.7. The maximum absolute atomic E-state index is 12.7. The molecule has 2 amide bonds. The number of furan rings is 1. The first-order valence-corrected chi connectivity index (χ1v) is 11.7. The van der Waals surface area contributed by atoms with E-state index in [1.54, 1.807) is 0 Å². The van der Waals surface area contributed by atoms with E-state index in [4.69, 9.17) is 14.3 Å². The molecule has 2 aromatic carbocycles. The number of carbonyl (C=O) groups is 3. The number of aliphatic carboxylic acids is 1. The molecule has 0 bridgehead atoms. The van der Waals surface area contributed by atoms with Gasteiger partial charge in [-0.25, -0.2) is 4.79 Å². The summed E-state index contributed by atoms with van der Waals surface area (Å²) in [5.41, 5.74) is 4.61. The van der Waals surface area contributed by atoms with Crippen LogP contribution < -0.4 is 10.6 Å². The number of carbonyl (C=O) groups excluding carboxylic acids is 2. The molecule has 3 N–H and O–H groups in total. The first kappa shape index (κ1) is 24.1. The van der Waals surface area contributed by atoms with Crippen molar-refractivity contribution in [3.63, 3.8) is 0 Å². The SMILES string of the molecule is CCCC[C@H](CC(=O)O)NC(=O)c1occc1NC(=O)OCC1c2ccccc2-c2ccccc21. The lowest BCUT2D eigenvalue weighted by molar-refractivity contribution is -0.137. The van der Waals surface area contributed by atoms with E-state index in [-0.39, 0.29) is 30.4 Å². The van der Waals surface area contributed by atoms with Gasteiger partial charge in [-0.15, -0.1) is 0 Å². The van der Waals surface area contributed by atoms with Crippen molar-refractivity contribution in [2.45, 2.75) is 44.6 Å². The number of ether oxygens (including phenoxy) is 1. The summed E-state index contributed by atoms with van der Waals surface area (Å²) in [6.07, 6.45) is 2.57. The second kappa shape index (κ2) is 10.9. The molecular formula is C27H28N2O6. The smallest absolute Gasteiger partial charge is 0.411 e. The van der Waals surface area contributed by atoms with Crippen LogP contribution in [0.4, 0.5) is 10.5 Å². The molecule has 3 aromatic rings. The van der Waals surface area contributed by atoms with Crippen molar-refractivity contribution in [3.05, 3.63) is 77.7 Å². The van der Waals surface area contributed by atoms with Crippen molar-refractivity contribution in [2.75, 3.05) is 11.9 Å². The van der Waals surface area contributed by atoms with Crippen LogP contribution >= 0.6 is 0 Å². The third-order valence-corrected chi connectivity index (χ3v) is 6.11. The molecule has 1 heterocycles. The van der Waals surface area contributed by atoms with E-state index in [9.17, 15) is 14.4 Å². The van der Waals surface area contributed by atoms with Crippen LogP contribution in [-0.4, -0.2) is 35.7 Å². The Hall–Kier alpha value is -4.07. The molecule has 8 nitrogen and oxygen atoms in total. The summed E-state index contributed by atoms with van der Waals surface area (Å²) in [5.74, 6) is -1.78. The Morgan fingerprint density at radius 3 is 2.31 bits per heavy atom. The van der Waals surface area contributed by atoms with E-state index < -0.39 is 24.0 Å². The number of benzene rings is 2. The lowest BCUT2D eigenvalue weighted by atomic mass is 9.98. The molecule has 35 heavy (non-hydrogen) atoms. The summed E-state index contributed by atoms with van der Waals surface area (Å²) in [5, 5.41) is 14.4. The van der Waals surface area contributed by atoms with Gasteiger partial charge < -0.3 is 19.6 Å². The largest absolute Gasteiger partial charge is 0.481 e. The van der Waals surface area contributed by atoms with Crippen molar-refractivity contribution in [1.82, 2.24) is 5.32 Å². The molecule has 1 aliphatic carbocycles. The Morgan fingerprint density at radius 1 is 1.03 bits per heavy atom. The molecule has 182 valence electrons. The van der Waals surface area contributed by atoms with Crippen molar-refractivity contribution in [1.29, 1.82) is 0 Å². The number of carboxylic acids is 1. The van der Waals surface area contributed by atoms with Crippen LogP contribution in [0.3, 0.4) is 0 Å². The molecule has 0 spiro atoms. The summed E-state index contributed by atoms with van der Waals surface area (Å²) < 4.78 is 10.8. The van der Waals surface area contributed by atoms with Gasteiger partial charge in [0, 0.05) is 18.0 Å². The number of unbranched alkanes of at least 4 members (excludes halogenated alkanes) is 1. The predicted molar refractivity (Wildman–Crippen MR) is 130 cm³/mol. The summed E-state index contributed by atoms with van der Waals surface area (Å²) in [7, 11) is 0. The van der Waals surface area contributed by atoms with E-state index in [1.807, 2.05) is 43.3 Å². The third-order valence-electron chi connectivity index (χ3n) is 6.11. The minimum Gasteiger partial charge on any atom is -0.481 e. The molecule has 8 heteroatoms. The first-order chi connectivity index (χ1) is 17.0. The van der Waals surface area contributed by atoms with Crippen molar-refractivity contribution < 1.29 is 28.6 Å². The maximum Gasteiger partial charge on any atom is 0.411 e. The van der Waals surface area contributed by atoms with Crippen LogP contribution in [0, 0.1) is 0 Å². The van der Waals surface area contributed by atoms with Crippen LogP contribution in [0.15, 0.2) is 65.3 Å². The molecule has 0 saturated carbocycles. The normalized spacial score (nSPS) is 12.9. The average molecular weight is 477 g/mol. The number of carboxylic acid groups (broad SMARTS) is 1. The Balaban J connectivity index is 1.39. The Labute approximate surface area is 203 Å². The first-order valence-electron chi connectivity index (χ1n) is 11.7. The topological polar surface area (TPSA) is 118 Å². The second-order valence-corrected chi connectivity index (χ2v) is 8.52. The molecule has 0 radical (unpaired) electrons.